The van der Waals surface area contributed by atoms with Crippen molar-refractivity contribution in [3.8, 4) is 11.3 Å². The van der Waals surface area contributed by atoms with Crippen molar-refractivity contribution in [1.29, 1.82) is 0 Å². The van der Waals surface area contributed by atoms with Crippen LogP contribution in [-0.2, 0) is 0 Å². The first-order chi connectivity index (χ1) is 8.74. The number of para-hydroxylation sites is 1. The molecule has 1 aromatic heterocycles. The maximum absolute atomic E-state index is 12.0. The highest BCUT2D eigenvalue weighted by atomic mass is 79.9. The second kappa shape index (κ2) is 4.42. The van der Waals surface area contributed by atoms with Crippen LogP contribution in [0.2, 0.25) is 0 Å². The maximum Gasteiger partial charge on any atom is 0.190 e. The Balaban J connectivity index is 2.28. The van der Waals surface area contributed by atoms with E-state index < -0.39 is 0 Å². The van der Waals surface area contributed by atoms with Gasteiger partial charge in [-0.15, -0.1) is 0 Å². The van der Waals surface area contributed by atoms with Gasteiger partial charge in [0.2, 0.25) is 0 Å². The van der Waals surface area contributed by atoms with E-state index in [1.165, 1.54) is 0 Å². The number of fused-ring (bicyclic) bond motifs is 1. The third-order valence-electron chi connectivity index (χ3n) is 2.87. The molecule has 1 heterocycles. The molecule has 0 bridgehead atoms. The number of hydrogen-bond acceptors (Lipinski definition) is 1. The number of halogens is 1. The van der Waals surface area contributed by atoms with E-state index in [0.29, 0.717) is 0 Å². The van der Waals surface area contributed by atoms with Crippen LogP contribution >= 0.6 is 15.9 Å². The van der Waals surface area contributed by atoms with Crippen LogP contribution in [-0.4, -0.2) is 4.98 Å². The molecule has 0 aliphatic carbocycles. The number of aromatic nitrogens is 1. The Hall–Kier alpha value is -1.87. The first kappa shape index (κ1) is 11.2. The Morgan fingerprint density at radius 1 is 0.944 bits per heavy atom. The van der Waals surface area contributed by atoms with Gasteiger partial charge in [0, 0.05) is 27.1 Å². The Labute approximate surface area is 112 Å². The van der Waals surface area contributed by atoms with Crippen LogP contribution in [0.25, 0.3) is 22.2 Å². The van der Waals surface area contributed by atoms with Gasteiger partial charge >= 0.3 is 0 Å². The molecule has 88 valence electrons. The van der Waals surface area contributed by atoms with Crippen LogP contribution in [0.3, 0.4) is 0 Å². The molecule has 2 aromatic carbocycles. The second-order valence-electron chi connectivity index (χ2n) is 4.10. The van der Waals surface area contributed by atoms with Crippen LogP contribution in [0.5, 0.6) is 0 Å². The monoisotopic (exact) mass is 299 g/mol. The van der Waals surface area contributed by atoms with Crippen molar-refractivity contribution in [1.82, 2.24) is 4.98 Å². The molecule has 2 nitrogen and oxygen atoms in total. The minimum absolute atomic E-state index is 0.0410. The Kier molecular flexibility index (Phi) is 2.76. The molecule has 3 heteroatoms. The summed E-state index contributed by atoms with van der Waals surface area (Å²) >= 11 is 3.44. The number of benzene rings is 2. The molecule has 0 fully saturated rings. The van der Waals surface area contributed by atoms with Crippen LogP contribution < -0.4 is 5.43 Å². The van der Waals surface area contributed by atoms with E-state index >= 15 is 0 Å². The first-order valence-corrected chi connectivity index (χ1v) is 6.41. The largest absolute Gasteiger partial charge is 0.354 e. The van der Waals surface area contributed by atoms with E-state index in [1.54, 1.807) is 6.07 Å². The van der Waals surface area contributed by atoms with E-state index in [4.69, 9.17) is 0 Å². The zero-order valence-corrected chi connectivity index (χ0v) is 11.1. The normalized spacial score (nSPS) is 10.7. The number of H-pyrrole nitrogens is 1. The van der Waals surface area contributed by atoms with Crippen molar-refractivity contribution in [3.05, 3.63) is 69.3 Å². The fourth-order valence-electron chi connectivity index (χ4n) is 2.01. The lowest BCUT2D eigenvalue weighted by Gasteiger charge is -2.05. The molecule has 0 atom stereocenters. The quantitative estimate of drug-likeness (QED) is 0.725. The van der Waals surface area contributed by atoms with Crippen molar-refractivity contribution >= 4 is 26.8 Å². The Morgan fingerprint density at radius 3 is 2.61 bits per heavy atom. The molecule has 0 aliphatic rings. The van der Waals surface area contributed by atoms with Crippen LogP contribution in [0, 0.1) is 0 Å². The zero-order chi connectivity index (χ0) is 12.5. The molecule has 0 radical (unpaired) electrons. The molecule has 3 rings (SSSR count). The highest BCUT2D eigenvalue weighted by molar-refractivity contribution is 9.10. The van der Waals surface area contributed by atoms with Gasteiger partial charge in [-0.2, -0.15) is 0 Å². The fraction of sp³-hybridized carbons (Fsp3) is 0. The summed E-state index contributed by atoms with van der Waals surface area (Å²) in [7, 11) is 0. The van der Waals surface area contributed by atoms with E-state index in [0.717, 1.165) is 26.6 Å². The molecule has 0 unspecified atom stereocenters. The molecule has 0 amide bonds. The van der Waals surface area contributed by atoms with Crippen molar-refractivity contribution in [2.75, 3.05) is 0 Å². The number of nitrogens with one attached hydrogen (secondary N) is 1. The van der Waals surface area contributed by atoms with Gasteiger partial charge in [-0.25, -0.2) is 0 Å². The van der Waals surface area contributed by atoms with Gasteiger partial charge in [-0.05, 0) is 29.8 Å². The summed E-state index contributed by atoms with van der Waals surface area (Å²) in [5.74, 6) is 0. The van der Waals surface area contributed by atoms with Crippen LogP contribution in [0.4, 0.5) is 0 Å². The van der Waals surface area contributed by atoms with Crippen molar-refractivity contribution in [3.63, 3.8) is 0 Å². The van der Waals surface area contributed by atoms with Gasteiger partial charge in [-0.3, -0.25) is 4.79 Å². The van der Waals surface area contributed by atoms with Gasteiger partial charge in [0.15, 0.2) is 5.43 Å². The van der Waals surface area contributed by atoms with Gasteiger partial charge in [-0.1, -0.05) is 40.2 Å². The summed E-state index contributed by atoms with van der Waals surface area (Å²) in [6.07, 6.45) is 0. The van der Waals surface area contributed by atoms with E-state index in [-0.39, 0.29) is 5.43 Å². The SMILES string of the molecule is O=c1cc(-c2cccc(Br)c2)[nH]c2ccccc12. The van der Waals surface area contributed by atoms with Crippen molar-refractivity contribution < 1.29 is 0 Å². The summed E-state index contributed by atoms with van der Waals surface area (Å²) in [4.78, 5) is 15.3. The lowest BCUT2D eigenvalue weighted by atomic mass is 10.1. The lowest BCUT2D eigenvalue weighted by molar-refractivity contribution is 1.38. The summed E-state index contributed by atoms with van der Waals surface area (Å²) in [5, 5.41) is 0.719. The fourth-order valence-corrected chi connectivity index (χ4v) is 2.41. The zero-order valence-electron chi connectivity index (χ0n) is 9.48. The van der Waals surface area contributed by atoms with Crippen molar-refractivity contribution in [2.45, 2.75) is 0 Å². The first-order valence-electron chi connectivity index (χ1n) is 5.62. The molecule has 0 saturated heterocycles. The van der Waals surface area contributed by atoms with Gasteiger partial charge in [0.1, 0.15) is 0 Å². The second-order valence-corrected chi connectivity index (χ2v) is 5.02. The minimum Gasteiger partial charge on any atom is -0.354 e. The average Bonchev–Trinajstić information content (AvgIpc) is 2.39. The Bertz CT molecular complexity index is 777. The van der Waals surface area contributed by atoms with Crippen LogP contribution in [0.1, 0.15) is 0 Å². The summed E-state index contributed by atoms with van der Waals surface area (Å²) in [5.41, 5.74) is 2.73. The van der Waals surface area contributed by atoms with Crippen molar-refractivity contribution in [2.24, 2.45) is 0 Å². The van der Waals surface area contributed by atoms with E-state index in [1.807, 2.05) is 48.5 Å². The summed E-state index contributed by atoms with van der Waals surface area (Å²) in [6, 6.07) is 17.1. The van der Waals surface area contributed by atoms with E-state index in [2.05, 4.69) is 20.9 Å². The maximum atomic E-state index is 12.0. The van der Waals surface area contributed by atoms with E-state index in [9.17, 15) is 4.79 Å². The highest BCUT2D eigenvalue weighted by Gasteiger charge is 2.03. The number of pyridine rings is 1. The smallest absolute Gasteiger partial charge is 0.190 e. The van der Waals surface area contributed by atoms with Gasteiger partial charge in [0.25, 0.3) is 0 Å². The molecular formula is C15H10BrNO. The molecule has 0 aliphatic heterocycles. The molecule has 0 saturated carbocycles. The molecule has 18 heavy (non-hydrogen) atoms. The number of aromatic amines is 1. The summed E-state index contributed by atoms with van der Waals surface area (Å²) < 4.78 is 0.994. The average molecular weight is 300 g/mol. The number of rotatable bonds is 1. The molecule has 0 spiro atoms. The van der Waals surface area contributed by atoms with Gasteiger partial charge in [0.05, 0.1) is 0 Å². The third kappa shape index (κ3) is 1.97. The molecule has 1 N–H and O–H groups in total. The standard InChI is InChI=1S/C15H10BrNO/c16-11-5-3-4-10(8-11)14-9-15(18)12-6-1-2-7-13(12)17-14/h1-9H,(H,17,18). The number of hydrogen-bond donors (Lipinski definition) is 1. The van der Waals surface area contributed by atoms with Crippen LogP contribution in [0.15, 0.2) is 63.9 Å². The predicted molar refractivity (Wildman–Crippen MR) is 77.7 cm³/mol. The topological polar surface area (TPSA) is 32.9 Å². The molecular weight excluding hydrogens is 290 g/mol. The minimum atomic E-state index is 0.0410. The Morgan fingerprint density at radius 2 is 1.78 bits per heavy atom. The lowest BCUT2D eigenvalue weighted by Crippen LogP contribution is -2.02. The molecule has 3 aromatic rings. The third-order valence-corrected chi connectivity index (χ3v) is 3.37. The predicted octanol–water partition coefficient (Wildman–Crippen LogP) is 3.96. The summed E-state index contributed by atoms with van der Waals surface area (Å²) in [6.45, 7) is 0. The van der Waals surface area contributed by atoms with Gasteiger partial charge < -0.3 is 4.98 Å². The highest BCUT2D eigenvalue weighted by Crippen LogP contribution is 2.21.